The molecule has 0 amide bonds. The Balaban J connectivity index is 1.10. The van der Waals surface area contributed by atoms with Gasteiger partial charge in [0, 0.05) is 47.6 Å². The highest BCUT2D eigenvalue weighted by Crippen LogP contribution is 2.39. The number of benzene rings is 3. The van der Waals surface area contributed by atoms with Gasteiger partial charge in [0.1, 0.15) is 41.0 Å². The molecule has 0 atom stereocenters. The van der Waals surface area contributed by atoms with Crippen LogP contribution in [-0.2, 0) is 0 Å². The van der Waals surface area contributed by atoms with Gasteiger partial charge >= 0.3 is 0 Å². The van der Waals surface area contributed by atoms with E-state index >= 15 is 0 Å². The zero-order chi connectivity index (χ0) is 31.6. The highest BCUT2D eigenvalue weighted by molar-refractivity contribution is 7.99. The normalized spacial score (nSPS) is 19.2. The van der Waals surface area contributed by atoms with Crippen molar-refractivity contribution in [2.24, 2.45) is 0 Å². The van der Waals surface area contributed by atoms with Crippen molar-refractivity contribution in [3.8, 4) is 28.8 Å². The van der Waals surface area contributed by atoms with Crippen molar-refractivity contribution in [1.82, 2.24) is 29.5 Å². The second-order valence-electron chi connectivity index (χ2n) is 12.3. The Kier molecular flexibility index (Phi) is 8.63. The first kappa shape index (κ1) is 30.2. The zero-order valence-electron chi connectivity index (χ0n) is 26.3. The fourth-order valence-corrected chi connectivity index (χ4v) is 7.56. The number of nitrogens with zero attached hydrogens (tertiary/aromatic N) is 7. The molecule has 1 saturated carbocycles. The van der Waals surface area contributed by atoms with Crippen LogP contribution in [0.1, 0.15) is 42.9 Å². The molecule has 3 heterocycles. The smallest absolute Gasteiger partial charge is 0.164 e. The van der Waals surface area contributed by atoms with E-state index < -0.39 is 0 Å². The lowest BCUT2D eigenvalue weighted by Crippen LogP contribution is -2.49. The first-order chi connectivity index (χ1) is 22.5. The lowest BCUT2D eigenvalue weighted by atomic mass is 9.90. The number of fused-ring (bicyclic) bond motifs is 1. The second-order valence-corrected chi connectivity index (χ2v) is 13.5. The molecular formula is C36H38N8OS. The Hall–Kier alpha value is -4.43. The van der Waals surface area contributed by atoms with Gasteiger partial charge in [0.15, 0.2) is 5.65 Å². The summed E-state index contributed by atoms with van der Waals surface area (Å²) in [5.41, 5.74) is 10.6. The number of likely N-dealkylation sites (N-methyl/N-ethyl adjacent to an activating group) is 1. The molecule has 1 aliphatic heterocycles. The molecule has 0 radical (unpaired) electrons. The first-order valence-corrected chi connectivity index (χ1v) is 16.8. The third kappa shape index (κ3) is 6.18. The molecule has 10 heteroatoms. The Bertz CT molecular complexity index is 1870. The molecule has 2 aliphatic rings. The number of hydrogen-bond acceptors (Lipinski definition) is 9. The monoisotopic (exact) mass is 630 g/mol. The lowest BCUT2D eigenvalue weighted by Gasteiger charge is -2.41. The molecule has 2 fully saturated rings. The molecule has 2 aromatic heterocycles. The van der Waals surface area contributed by atoms with Crippen LogP contribution in [0.4, 0.5) is 5.82 Å². The van der Waals surface area contributed by atoms with Gasteiger partial charge in [0.25, 0.3) is 0 Å². The van der Waals surface area contributed by atoms with Gasteiger partial charge in [-0.05, 0) is 88.2 Å². The molecule has 7 rings (SSSR count). The first-order valence-electron chi connectivity index (χ1n) is 15.9. The Morgan fingerprint density at radius 3 is 2.33 bits per heavy atom. The topological polar surface area (TPSA) is 109 Å². The number of piperazine rings is 1. The summed E-state index contributed by atoms with van der Waals surface area (Å²) in [7, 11) is 2.21. The van der Waals surface area contributed by atoms with Crippen molar-refractivity contribution >= 4 is 28.6 Å². The average molecular weight is 631 g/mol. The molecule has 1 aliphatic carbocycles. The summed E-state index contributed by atoms with van der Waals surface area (Å²) in [6.45, 7) is 6.66. The van der Waals surface area contributed by atoms with Crippen molar-refractivity contribution in [2.75, 3.05) is 39.0 Å². The van der Waals surface area contributed by atoms with Crippen LogP contribution >= 0.6 is 11.8 Å². The molecule has 0 bridgehead atoms. The van der Waals surface area contributed by atoms with Crippen LogP contribution in [0.15, 0.2) is 82.8 Å². The third-order valence-corrected chi connectivity index (χ3v) is 10.4. The molecule has 0 spiro atoms. The van der Waals surface area contributed by atoms with E-state index in [1.54, 1.807) is 11.8 Å². The minimum Gasteiger partial charge on any atom is -0.456 e. The minimum atomic E-state index is 0.270. The van der Waals surface area contributed by atoms with Crippen LogP contribution in [0.3, 0.4) is 0 Å². The zero-order valence-corrected chi connectivity index (χ0v) is 27.1. The predicted molar refractivity (Wildman–Crippen MR) is 182 cm³/mol. The van der Waals surface area contributed by atoms with Gasteiger partial charge in [-0.25, -0.2) is 14.6 Å². The molecule has 5 aromatic rings. The number of aryl methyl sites for hydroxylation is 1. The highest BCUT2D eigenvalue weighted by Gasteiger charge is 2.30. The van der Waals surface area contributed by atoms with E-state index in [2.05, 4.69) is 68.8 Å². The summed E-state index contributed by atoms with van der Waals surface area (Å²) in [6.07, 6.45) is 5.98. The largest absolute Gasteiger partial charge is 0.456 e. The molecule has 9 nitrogen and oxygen atoms in total. The number of hydrogen-bond donors (Lipinski definition) is 1. The average Bonchev–Trinajstić information content (AvgIpc) is 3.48. The maximum Gasteiger partial charge on any atom is 0.164 e. The summed E-state index contributed by atoms with van der Waals surface area (Å²) < 4.78 is 8.34. The minimum absolute atomic E-state index is 0.270. The van der Waals surface area contributed by atoms with Crippen molar-refractivity contribution in [3.63, 3.8) is 0 Å². The fourth-order valence-electron chi connectivity index (χ4n) is 6.64. The molecule has 0 unspecified atom stereocenters. The standard InChI is InChI=1S/C36H38N8OS/c1-24-6-16-29(17-7-24)46-32-5-3-4-31(30(32)22-37)45-28-14-8-25(9-15-28)34-33-35(38)39-23-40-36(33)44(41-34)27-12-10-26(11-13-27)43-20-18-42(2)19-21-43/h3-9,14-17,23,26-27H,10-13,18-21H2,1-2H3,(H2,38,39,40)/t26-,27+. The third-order valence-electron chi connectivity index (χ3n) is 9.29. The van der Waals surface area contributed by atoms with Crippen molar-refractivity contribution in [1.29, 1.82) is 5.26 Å². The molecule has 2 N–H and O–H groups in total. The molecule has 46 heavy (non-hydrogen) atoms. The Morgan fingerprint density at radius 1 is 0.891 bits per heavy atom. The van der Waals surface area contributed by atoms with E-state index in [1.165, 1.54) is 11.9 Å². The van der Waals surface area contributed by atoms with Crippen LogP contribution < -0.4 is 10.5 Å². The van der Waals surface area contributed by atoms with E-state index in [-0.39, 0.29) is 6.04 Å². The summed E-state index contributed by atoms with van der Waals surface area (Å²) >= 11 is 1.55. The number of ether oxygens (including phenoxy) is 1. The van der Waals surface area contributed by atoms with E-state index in [1.807, 2.05) is 42.5 Å². The number of anilines is 1. The number of aromatic nitrogens is 4. The lowest BCUT2D eigenvalue weighted by molar-refractivity contribution is 0.0815. The van der Waals surface area contributed by atoms with Gasteiger partial charge in [0.2, 0.25) is 0 Å². The van der Waals surface area contributed by atoms with Crippen LogP contribution in [0.5, 0.6) is 11.5 Å². The summed E-state index contributed by atoms with van der Waals surface area (Å²) in [5.74, 6) is 1.58. The van der Waals surface area contributed by atoms with Crippen molar-refractivity contribution in [3.05, 3.63) is 84.2 Å². The molecule has 234 valence electrons. The van der Waals surface area contributed by atoms with Crippen LogP contribution in [0.25, 0.3) is 22.3 Å². The maximum atomic E-state index is 10.0. The van der Waals surface area contributed by atoms with Gasteiger partial charge < -0.3 is 15.4 Å². The molecule has 1 saturated heterocycles. The quantitative estimate of drug-likeness (QED) is 0.205. The number of rotatable bonds is 7. The van der Waals surface area contributed by atoms with E-state index in [0.717, 1.165) is 83.9 Å². The van der Waals surface area contributed by atoms with E-state index in [0.29, 0.717) is 28.9 Å². The van der Waals surface area contributed by atoms with Gasteiger partial charge in [-0.15, -0.1) is 0 Å². The van der Waals surface area contributed by atoms with Gasteiger partial charge in [-0.2, -0.15) is 10.4 Å². The highest BCUT2D eigenvalue weighted by atomic mass is 32.2. The molecular weight excluding hydrogens is 593 g/mol. The van der Waals surface area contributed by atoms with Crippen molar-refractivity contribution in [2.45, 2.75) is 54.5 Å². The number of nitrogens with two attached hydrogens (primary N) is 1. The van der Waals surface area contributed by atoms with Gasteiger partial charge in [-0.3, -0.25) is 4.90 Å². The van der Waals surface area contributed by atoms with Gasteiger partial charge in [0.05, 0.1) is 11.4 Å². The van der Waals surface area contributed by atoms with Crippen LogP contribution in [0, 0.1) is 18.3 Å². The van der Waals surface area contributed by atoms with E-state index in [4.69, 9.17) is 15.6 Å². The number of nitriles is 1. The summed E-state index contributed by atoms with van der Waals surface area (Å²) in [5, 5.41) is 15.9. The van der Waals surface area contributed by atoms with Crippen molar-refractivity contribution < 1.29 is 4.74 Å². The van der Waals surface area contributed by atoms with Crippen LogP contribution in [-0.4, -0.2) is 68.8 Å². The number of nitrogen functional groups attached to an aromatic ring is 1. The van der Waals surface area contributed by atoms with Crippen LogP contribution in [0.2, 0.25) is 0 Å². The van der Waals surface area contributed by atoms with E-state index in [9.17, 15) is 5.26 Å². The molecule has 3 aromatic carbocycles. The predicted octanol–water partition coefficient (Wildman–Crippen LogP) is 6.93. The maximum absolute atomic E-state index is 10.0. The van der Waals surface area contributed by atoms with Gasteiger partial charge in [-0.1, -0.05) is 35.5 Å². The Morgan fingerprint density at radius 2 is 1.61 bits per heavy atom. The Labute approximate surface area is 274 Å². The SMILES string of the molecule is Cc1ccc(Sc2cccc(Oc3ccc(-c4nn([C@H]5CC[C@@H](N6CCN(C)CC6)CC5)c5ncnc(N)c45)cc3)c2C#N)cc1. The second kappa shape index (κ2) is 13.1. The summed E-state index contributed by atoms with van der Waals surface area (Å²) in [4.78, 5) is 16.0. The fraction of sp³-hybridized carbons (Fsp3) is 0.333. The summed E-state index contributed by atoms with van der Waals surface area (Å²) in [6, 6.07) is 25.0.